The van der Waals surface area contributed by atoms with Gasteiger partial charge in [-0.1, -0.05) is 13.3 Å². The molecule has 0 aromatic rings. The molecule has 3 nitrogen and oxygen atoms in total. The van der Waals surface area contributed by atoms with Crippen LogP contribution in [-0.2, 0) is 0 Å². The molecule has 57 valence electrons. The number of unbranched alkanes of at least 4 members (excludes halogenated alkanes) is 1. The smallest absolute Gasteiger partial charge is 0.126 e. The van der Waals surface area contributed by atoms with Gasteiger partial charge in [0, 0.05) is 13.0 Å². The zero-order chi connectivity index (χ0) is 7.23. The summed E-state index contributed by atoms with van der Waals surface area (Å²) in [6, 6.07) is 0. The van der Waals surface area contributed by atoms with Gasteiger partial charge in [0.1, 0.15) is 5.84 Å². The Bertz CT molecular complexity index is 120. The minimum absolute atomic E-state index is 0.870. The van der Waals surface area contributed by atoms with E-state index in [-0.39, 0.29) is 0 Å². The van der Waals surface area contributed by atoms with Crippen LogP contribution in [-0.4, -0.2) is 18.9 Å². The van der Waals surface area contributed by atoms with Gasteiger partial charge in [-0.2, -0.15) is 5.43 Å². The zero-order valence-electron chi connectivity index (χ0n) is 6.43. The maximum absolute atomic E-state index is 3.94. The fourth-order valence-corrected chi connectivity index (χ4v) is 0.874. The Hall–Kier alpha value is -0.730. The lowest BCUT2D eigenvalue weighted by Gasteiger charge is -2.00. The quantitative estimate of drug-likeness (QED) is 0.576. The number of nitrogens with zero attached hydrogens (tertiary/aromatic N) is 2. The molecular weight excluding hydrogens is 126 g/mol. The minimum Gasteiger partial charge on any atom is -0.372 e. The molecule has 0 aromatic heterocycles. The Morgan fingerprint density at radius 2 is 2.50 bits per heavy atom. The monoisotopic (exact) mass is 140 g/mol. The summed E-state index contributed by atoms with van der Waals surface area (Å²) in [5.41, 5.74) is 3.87. The maximum atomic E-state index is 3.94. The topological polar surface area (TPSA) is 38.5 Å². The molecule has 1 radical (unpaired) electrons. The van der Waals surface area contributed by atoms with Crippen molar-refractivity contribution in [1.82, 2.24) is 10.7 Å². The Morgan fingerprint density at radius 3 is 3.10 bits per heavy atom. The lowest BCUT2D eigenvalue weighted by atomic mass is 10.3. The van der Waals surface area contributed by atoms with Crippen LogP contribution >= 0.6 is 0 Å². The van der Waals surface area contributed by atoms with E-state index in [1.807, 2.05) is 0 Å². The fourth-order valence-electron chi connectivity index (χ4n) is 0.874. The lowest BCUT2D eigenvalue weighted by Crippen LogP contribution is -2.22. The third kappa shape index (κ3) is 2.25. The second-order valence-corrected chi connectivity index (χ2v) is 2.44. The number of hydrogen-bond acceptors (Lipinski definition) is 2. The van der Waals surface area contributed by atoms with Crippen LogP contribution in [0.25, 0.3) is 0 Å². The third-order valence-corrected chi connectivity index (χ3v) is 1.50. The molecule has 0 saturated carbocycles. The van der Waals surface area contributed by atoms with E-state index in [2.05, 4.69) is 22.8 Å². The van der Waals surface area contributed by atoms with Crippen molar-refractivity contribution in [2.45, 2.75) is 26.2 Å². The standard InChI is InChI=1S/C7H14N3/c1-2-3-5-8-7-4-6-9-10-7/h2-6H2,1H3,(H,8,10). The molecule has 10 heavy (non-hydrogen) atoms. The first-order valence-electron chi connectivity index (χ1n) is 3.90. The van der Waals surface area contributed by atoms with Gasteiger partial charge in [0.25, 0.3) is 0 Å². The van der Waals surface area contributed by atoms with Gasteiger partial charge in [-0.3, -0.25) is 0 Å². The molecule has 0 aromatic carbocycles. The zero-order valence-corrected chi connectivity index (χ0v) is 6.43. The van der Waals surface area contributed by atoms with Crippen molar-refractivity contribution in [3.05, 3.63) is 0 Å². The van der Waals surface area contributed by atoms with E-state index in [1.165, 1.54) is 12.8 Å². The molecule has 1 rings (SSSR count). The van der Waals surface area contributed by atoms with Crippen LogP contribution in [0.4, 0.5) is 0 Å². The molecule has 1 heterocycles. The largest absolute Gasteiger partial charge is 0.372 e. The van der Waals surface area contributed by atoms with E-state index in [0.717, 1.165) is 25.3 Å². The van der Waals surface area contributed by atoms with Crippen LogP contribution in [0, 0.1) is 0 Å². The van der Waals surface area contributed by atoms with Crippen molar-refractivity contribution in [1.29, 1.82) is 0 Å². The first-order valence-corrected chi connectivity index (χ1v) is 3.90. The summed E-state index contributed by atoms with van der Waals surface area (Å²) in [7, 11) is 0. The van der Waals surface area contributed by atoms with Crippen LogP contribution in [0.2, 0.25) is 0 Å². The van der Waals surface area contributed by atoms with E-state index < -0.39 is 0 Å². The van der Waals surface area contributed by atoms with Crippen molar-refractivity contribution < 1.29 is 0 Å². The molecule has 0 unspecified atom stereocenters. The van der Waals surface area contributed by atoms with Crippen LogP contribution < -0.4 is 10.7 Å². The van der Waals surface area contributed by atoms with E-state index in [4.69, 9.17) is 0 Å². The van der Waals surface area contributed by atoms with E-state index >= 15 is 0 Å². The highest BCUT2D eigenvalue weighted by atomic mass is 15.3. The summed E-state index contributed by atoms with van der Waals surface area (Å²) in [6.07, 6.45) is 3.46. The molecule has 0 spiro atoms. The SMILES string of the molecule is CCCCNC1=N[N]CC1. The number of hydrogen-bond donors (Lipinski definition) is 1. The van der Waals surface area contributed by atoms with E-state index in [0.29, 0.717) is 0 Å². The summed E-state index contributed by atoms with van der Waals surface area (Å²) in [5.74, 6) is 1.06. The average molecular weight is 140 g/mol. The highest BCUT2D eigenvalue weighted by Crippen LogP contribution is 1.91. The molecule has 0 amide bonds. The average Bonchev–Trinajstić information content (AvgIpc) is 2.41. The molecule has 0 fully saturated rings. The van der Waals surface area contributed by atoms with Gasteiger partial charge < -0.3 is 5.32 Å². The summed E-state index contributed by atoms with van der Waals surface area (Å²) in [5, 5.41) is 7.18. The first kappa shape index (κ1) is 7.38. The molecule has 3 heteroatoms. The predicted molar refractivity (Wildman–Crippen MR) is 42.0 cm³/mol. The molecule has 0 saturated heterocycles. The van der Waals surface area contributed by atoms with Gasteiger partial charge in [-0.05, 0) is 6.42 Å². The number of nitrogens with one attached hydrogen (secondary N) is 1. The van der Waals surface area contributed by atoms with Gasteiger partial charge in [0.2, 0.25) is 0 Å². The normalized spacial score (nSPS) is 16.3. The second kappa shape index (κ2) is 4.14. The lowest BCUT2D eigenvalue weighted by molar-refractivity contribution is 0.750. The Balaban J connectivity index is 2.01. The summed E-state index contributed by atoms with van der Waals surface area (Å²) in [6.45, 7) is 4.10. The molecule has 0 atom stereocenters. The van der Waals surface area contributed by atoms with Gasteiger partial charge in [0.15, 0.2) is 0 Å². The van der Waals surface area contributed by atoms with Gasteiger partial charge in [-0.15, -0.1) is 5.10 Å². The van der Waals surface area contributed by atoms with E-state index in [1.54, 1.807) is 0 Å². The number of rotatable bonds is 3. The summed E-state index contributed by atoms with van der Waals surface area (Å²) in [4.78, 5) is 0. The van der Waals surface area contributed by atoms with Crippen molar-refractivity contribution >= 4 is 5.84 Å². The highest BCUT2D eigenvalue weighted by Gasteiger charge is 2.04. The van der Waals surface area contributed by atoms with E-state index in [9.17, 15) is 0 Å². The predicted octanol–water partition coefficient (Wildman–Crippen LogP) is 0.698. The summed E-state index contributed by atoms with van der Waals surface area (Å²) < 4.78 is 0. The molecule has 0 aliphatic carbocycles. The van der Waals surface area contributed by atoms with Crippen LogP contribution in [0.1, 0.15) is 26.2 Å². The van der Waals surface area contributed by atoms with Crippen LogP contribution in [0.15, 0.2) is 5.10 Å². The number of amidine groups is 1. The van der Waals surface area contributed by atoms with Crippen LogP contribution in [0.5, 0.6) is 0 Å². The minimum atomic E-state index is 0.870. The molecular formula is C7H14N3. The van der Waals surface area contributed by atoms with Gasteiger partial charge >= 0.3 is 0 Å². The maximum Gasteiger partial charge on any atom is 0.126 e. The second-order valence-electron chi connectivity index (χ2n) is 2.44. The Labute approximate surface area is 61.9 Å². The Morgan fingerprint density at radius 1 is 1.60 bits per heavy atom. The summed E-state index contributed by atoms with van der Waals surface area (Å²) >= 11 is 0. The Kier molecular flexibility index (Phi) is 3.06. The first-order chi connectivity index (χ1) is 4.93. The van der Waals surface area contributed by atoms with Crippen molar-refractivity contribution in [3.63, 3.8) is 0 Å². The molecule has 1 N–H and O–H groups in total. The van der Waals surface area contributed by atoms with Gasteiger partial charge in [0.05, 0.1) is 6.54 Å². The van der Waals surface area contributed by atoms with Crippen molar-refractivity contribution in [3.8, 4) is 0 Å². The van der Waals surface area contributed by atoms with Crippen LogP contribution in [0.3, 0.4) is 0 Å². The third-order valence-electron chi connectivity index (χ3n) is 1.50. The van der Waals surface area contributed by atoms with Crippen molar-refractivity contribution in [2.24, 2.45) is 5.10 Å². The molecule has 0 bridgehead atoms. The fraction of sp³-hybridized carbons (Fsp3) is 0.857. The highest BCUT2D eigenvalue weighted by molar-refractivity contribution is 5.83. The molecule has 1 aliphatic heterocycles. The van der Waals surface area contributed by atoms with Crippen molar-refractivity contribution in [2.75, 3.05) is 13.1 Å². The van der Waals surface area contributed by atoms with Gasteiger partial charge in [-0.25, -0.2) is 0 Å². The molecule has 1 aliphatic rings.